The van der Waals surface area contributed by atoms with Crippen LogP contribution in [0.3, 0.4) is 0 Å². The van der Waals surface area contributed by atoms with Crippen LogP contribution in [-0.2, 0) is 0 Å². The molecule has 0 saturated heterocycles. The lowest BCUT2D eigenvalue weighted by atomic mass is 10.1. The van der Waals surface area contributed by atoms with E-state index in [-0.39, 0.29) is 0 Å². The molecular weight excluding hydrogens is 136 g/mol. The molecule has 0 heterocycles. The van der Waals surface area contributed by atoms with E-state index in [2.05, 4.69) is 19.2 Å². The smallest absolute Gasteiger partial charge is 0.0182 e. The zero-order valence-corrected chi connectivity index (χ0v) is 7.85. The van der Waals surface area contributed by atoms with Crippen LogP contribution in [0.25, 0.3) is 0 Å². The average molecular weight is 156 g/mol. The Balaban J connectivity index is 2.13. The first-order valence-corrected chi connectivity index (χ1v) is 4.53. The molecule has 11 heavy (non-hydrogen) atoms. The number of nitrogens with two attached hydrogens (primary N) is 1. The maximum atomic E-state index is 5.68. The lowest BCUT2D eigenvalue weighted by Crippen LogP contribution is -2.26. The fourth-order valence-electron chi connectivity index (χ4n) is 1.64. The van der Waals surface area contributed by atoms with E-state index in [0.29, 0.717) is 11.6 Å². The van der Waals surface area contributed by atoms with Crippen molar-refractivity contribution in [3.63, 3.8) is 0 Å². The van der Waals surface area contributed by atoms with Gasteiger partial charge in [0.2, 0.25) is 0 Å². The number of rotatable bonds is 4. The highest BCUT2D eigenvalue weighted by atomic mass is 15.0. The van der Waals surface area contributed by atoms with Gasteiger partial charge in [-0.2, -0.15) is 0 Å². The monoisotopic (exact) mass is 156 g/mol. The summed E-state index contributed by atoms with van der Waals surface area (Å²) in [6.07, 6.45) is 3.78. The molecule has 0 radical (unpaired) electrons. The summed E-state index contributed by atoms with van der Waals surface area (Å²) in [5.74, 6) is 0.874. The summed E-state index contributed by atoms with van der Waals surface area (Å²) >= 11 is 0. The van der Waals surface area contributed by atoms with Crippen molar-refractivity contribution >= 4 is 0 Å². The molecule has 3 N–H and O–H groups in total. The molecule has 0 bridgehead atoms. The average Bonchev–Trinajstić information content (AvgIpc) is 2.59. The van der Waals surface area contributed by atoms with Gasteiger partial charge in [-0.3, -0.25) is 0 Å². The summed E-state index contributed by atoms with van der Waals surface area (Å²) < 4.78 is 0. The summed E-state index contributed by atoms with van der Waals surface area (Å²) in [6.45, 7) is 4.37. The fraction of sp³-hybridized carbons (Fsp3) is 1.00. The van der Waals surface area contributed by atoms with Crippen LogP contribution in [0.1, 0.15) is 33.1 Å². The summed E-state index contributed by atoms with van der Waals surface area (Å²) in [4.78, 5) is 0. The van der Waals surface area contributed by atoms with Gasteiger partial charge in [-0.05, 0) is 46.1 Å². The lowest BCUT2D eigenvalue weighted by Gasteiger charge is -2.09. The molecule has 66 valence electrons. The second-order valence-corrected chi connectivity index (χ2v) is 4.12. The molecule has 3 unspecified atom stereocenters. The number of hydrogen-bond donors (Lipinski definition) is 2. The van der Waals surface area contributed by atoms with Crippen LogP contribution in [0.5, 0.6) is 0 Å². The van der Waals surface area contributed by atoms with Crippen LogP contribution in [0, 0.1) is 5.92 Å². The molecule has 0 amide bonds. The highest BCUT2D eigenvalue weighted by Crippen LogP contribution is 2.45. The van der Waals surface area contributed by atoms with Gasteiger partial charge in [-0.25, -0.2) is 0 Å². The van der Waals surface area contributed by atoms with E-state index in [9.17, 15) is 0 Å². The van der Waals surface area contributed by atoms with Gasteiger partial charge < -0.3 is 11.1 Å². The maximum absolute atomic E-state index is 5.68. The third-order valence-corrected chi connectivity index (χ3v) is 2.95. The SMILES string of the molecule is CNC1(C)CC1CCC(C)N. The van der Waals surface area contributed by atoms with Crippen molar-refractivity contribution < 1.29 is 0 Å². The predicted octanol–water partition coefficient (Wildman–Crippen LogP) is 1.11. The summed E-state index contributed by atoms with van der Waals surface area (Å²) in [7, 11) is 2.05. The Kier molecular flexibility index (Phi) is 2.55. The predicted molar refractivity (Wildman–Crippen MR) is 48.5 cm³/mol. The van der Waals surface area contributed by atoms with E-state index in [4.69, 9.17) is 5.73 Å². The quantitative estimate of drug-likeness (QED) is 0.640. The first kappa shape index (κ1) is 9.01. The molecule has 0 aromatic carbocycles. The van der Waals surface area contributed by atoms with Gasteiger partial charge in [0, 0.05) is 11.6 Å². The molecule has 1 fully saturated rings. The molecule has 3 atom stereocenters. The van der Waals surface area contributed by atoms with Gasteiger partial charge in [0.15, 0.2) is 0 Å². The van der Waals surface area contributed by atoms with E-state index >= 15 is 0 Å². The minimum absolute atomic E-state index is 0.372. The second kappa shape index (κ2) is 3.11. The molecular formula is C9H20N2. The van der Waals surface area contributed by atoms with Crippen LogP contribution in [0.15, 0.2) is 0 Å². The molecule has 1 saturated carbocycles. The van der Waals surface area contributed by atoms with Crippen LogP contribution >= 0.6 is 0 Å². The minimum atomic E-state index is 0.372. The van der Waals surface area contributed by atoms with Crippen molar-refractivity contribution in [3.05, 3.63) is 0 Å². The van der Waals surface area contributed by atoms with Gasteiger partial charge >= 0.3 is 0 Å². The first-order valence-electron chi connectivity index (χ1n) is 4.53. The molecule has 0 spiro atoms. The topological polar surface area (TPSA) is 38.0 Å². The molecule has 1 rings (SSSR count). The Morgan fingerprint density at radius 1 is 1.73 bits per heavy atom. The van der Waals surface area contributed by atoms with Gasteiger partial charge in [0.1, 0.15) is 0 Å². The Morgan fingerprint density at radius 3 is 2.73 bits per heavy atom. The van der Waals surface area contributed by atoms with E-state index < -0.39 is 0 Å². The van der Waals surface area contributed by atoms with Crippen molar-refractivity contribution in [2.45, 2.75) is 44.7 Å². The fourth-order valence-corrected chi connectivity index (χ4v) is 1.64. The number of nitrogens with one attached hydrogen (secondary N) is 1. The zero-order valence-electron chi connectivity index (χ0n) is 7.85. The van der Waals surface area contributed by atoms with Crippen molar-refractivity contribution in [2.75, 3.05) is 7.05 Å². The van der Waals surface area contributed by atoms with Gasteiger partial charge in [-0.1, -0.05) is 0 Å². The molecule has 2 heteroatoms. The van der Waals surface area contributed by atoms with E-state index in [1.54, 1.807) is 0 Å². The van der Waals surface area contributed by atoms with Gasteiger partial charge in [0.25, 0.3) is 0 Å². The van der Waals surface area contributed by atoms with Crippen molar-refractivity contribution in [2.24, 2.45) is 11.7 Å². The standard InChI is InChI=1S/C9H20N2/c1-7(10)4-5-8-6-9(8,2)11-3/h7-8,11H,4-6,10H2,1-3H3. The normalized spacial score (nSPS) is 38.7. The molecule has 2 nitrogen and oxygen atoms in total. The molecule has 0 aromatic heterocycles. The second-order valence-electron chi connectivity index (χ2n) is 4.12. The van der Waals surface area contributed by atoms with E-state index in [1.165, 1.54) is 19.3 Å². The molecule has 1 aliphatic carbocycles. The van der Waals surface area contributed by atoms with E-state index in [1.807, 2.05) is 7.05 Å². The van der Waals surface area contributed by atoms with Crippen LogP contribution in [0.4, 0.5) is 0 Å². The van der Waals surface area contributed by atoms with Gasteiger partial charge in [-0.15, -0.1) is 0 Å². The maximum Gasteiger partial charge on any atom is 0.0182 e. The van der Waals surface area contributed by atoms with Gasteiger partial charge in [0.05, 0.1) is 0 Å². The Morgan fingerprint density at radius 2 is 2.36 bits per heavy atom. The highest BCUT2D eigenvalue weighted by Gasteiger charge is 2.47. The molecule has 1 aliphatic rings. The Hall–Kier alpha value is -0.0800. The molecule has 0 aromatic rings. The third-order valence-electron chi connectivity index (χ3n) is 2.95. The Labute approximate surface area is 69.5 Å². The lowest BCUT2D eigenvalue weighted by molar-refractivity contribution is 0.492. The van der Waals surface area contributed by atoms with Crippen LogP contribution in [-0.4, -0.2) is 18.6 Å². The third kappa shape index (κ3) is 2.17. The summed E-state index contributed by atoms with van der Waals surface area (Å²) in [5.41, 5.74) is 6.12. The minimum Gasteiger partial charge on any atom is -0.328 e. The van der Waals surface area contributed by atoms with Crippen molar-refractivity contribution in [1.29, 1.82) is 0 Å². The van der Waals surface area contributed by atoms with E-state index in [0.717, 1.165) is 5.92 Å². The largest absolute Gasteiger partial charge is 0.328 e. The zero-order chi connectivity index (χ0) is 8.48. The highest BCUT2D eigenvalue weighted by molar-refractivity contribution is 5.05. The number of hydrogen-bond acceptors (Lipinski definition) is 2. The molecule has 0 aliphatic heterocycles. The Bertz CT molecular complexity index is 134. The van der Waals surface area contributed by atoms with Crippen LogP contribution in [0.2, 0.25) is 0 Å². The summed E-state index contributed by atoms with van der Waals surface area (Å²) in [5, 5.41) is 3.35. The summed E-state index contributed by atoms with van der Waals surface area (Å²) in [6, 6.07) is 0.372. The van der Waals surface area contributed by atoms with Crippen molar-refractivity contribution in [1.82, 2.24) is 5.32 Å². The van der Waals surface area contributed by atoms with Crippen molar-refractivity contribution in [3.8, 4) is 0 Å². The first-order chi connectivity index (χ1) is 5.08. The van der Waals surface area contributed by atoms with Crippen LogP contribution < -0.4 is 11.1 Å².